The predicted octanol–water partition coefficient (Wildman–Crippen LogP) is 3.53. The number of nitrogens with one attached hydrogen (secondary N) is 2. The fraction of sp³-hybridized carbons (Fsp3) is 0.536. The Morgan fingerprint density at radius 3 is 2.63 bits per heavy atom. The van der Waals surface area contributed by atoms with Gasteiger partial charge in [0.15, 0.2) is 0 Å². The number of aromatic hydroxyl groups is 1. The van der Waals surface area contributed by atoms with Gasteiger partial charge < -0.3 is 25.3 Å². The van der Waals surface area contributed by atoms with Gasteiger partial charge >= 0.3 is 11.0 Å². The number of hydrogen-bond acceptors (Lipinski definition) is 8. The van der Waals surface area contributed by atoms with E-state index in [-0.39, 0.29) is 36.1 Å². The molecule has 0 aliphatic carbocycles. The minimum atomic E-state index is -4.23. The molecule has 41 heavy (non-hydrogen) atoms. The standard InChI is InChI=1S/C28H34F4N4O4S/c29-20-12-18(3-6-33-14-23(38)21-1-2-22(37)24-25(21)41-26(39)34-24)11-19(13-20)15-35-7-4-27(5-8-35)16-36(9-10-40-27)17-28(30,31)32/h1-2,11-13,23,33,37-38H,3-10,14-17H2,(H,34,39)/t23-/m0/s1. The zero-order valence-corrected chi connectivity index (χ0v) is 23.3. The lowest BCUT2D eigenvalue weighted by molar-refractivity contribution is -0.183. The predicted molar refractivity (Wildman–Crippen MR) is 148 cm³/mol. The van der Waals surface area contributed by atoms with Crippen LogP contribution >= 0.6 is 11.3 Å². The van der Waals surface area contributed by atoms with Gasteiger partial charge in [0.25, 0.3) is 0 Å². The summed E-state index contributed by atoms with van der Waals surface area (Å²) in [5, 5.41) is 23.8. The van der Waals surface area contributed by atoms with Crippen molar-refractivity contribution < 1.29 is 32.5 Å². The molecular formula is C28H34F4N4O4S. The zero-order valence-electron chi connectivity index (χ0n) is 22.5. The number of aliphatic hydroxyl groups excluding tert-OH is 1. The summed E-state index contributed by atoms with van der Waals surface area (Å²) >= 11 is 0.928. The highest BCUT2D eigenvalue weighted by atomic mass is 32.1. The number of rotatable bonds is 9. The van der Waals surface area contributed by atoms with E-state index in [0.717, 1.165) is 22.5 Å². The molecule has 2 fully saturated rings. The maximum absolute atomic E-state index is 14.4. The average molecular weight is 599 g/mol. The Morgan fingerprint density at radius 2 is 1.88 bits per heavy atom. The minimum absolute atomic E-state index is 0.0527. The van der Waals surface area contributed by atoms with Crippen molar-refractivity contribution in [2.24, 2.45) is 0 Å². The van der Waals surface area contributed by atoms with Crippen LogP contribution < -0.4 is 10.2 Å². The molecule has 0 unspecified atom stereocenters. The molecule has 0 saturated carbocycles. The number of phenolic OH excluding ortho intramolecular Hbond substituents is 1. The van der Waals surface area contributed by atoms with Crippen LogP contribution in [0.1, 0.15) is 35.6 Å². The molecule has 5 rings (SSSR count). The summed E-state index contributed by atoms with van der Waals surface area (Å²) in [5.74, 6) is -0.388. The highest BCUT2D eigenvalue weighted by Gasteiger charge is 2.42. The largest absolute Gasteiger partial charge is 0.506 e. The molecule has 8 nitrogen and oxygen atoms in total. The van der Waals surface area contributed by atoms with Gasteiger partial charge in [-0.15, -0.1) is 0 Å². The Kier molecular flexibility index (Phi) is 9.02. The first-order valence-corrected chi connectivity index (χ1v) is 14.5. The first kappa shape index (κ1) is 29.9. The van der Waals surface area contributed by atoms with E-state index in [4.69, 9.17) is 4.74 Å². The van der Waals surface area contributed by atoms with Gasteiger partial charge in [0.1, 0.15) is 17.1 Å². The van der Waals surface area contributed by atoms with Crippen LogP contribution in [0.3, 0.4) is 0 Å². The summed E-state index contributed by atoms with van der Waals surface area (Å²) < 4.78 is 59.6. The Bertz CT molecular complexity index is 1400. The summed E-state index contributed by atoms with van der Waals surface area (Å²) in [7, 11) is 0. The van der Waals surface area contributed by atoms with Crippen LogP contribution in [0.25, 0.3) is 10.2 Å². The van der Waals surface area contributed by atoms with Gasteiger partial charge in [-0.1, -0.05) is 23.5 Å². The third-order valence-corrected chi connectivity index (χ3v) is 8.73. The maximum atomic E-state index is 14.4. The van der Waals surface area contributed by atoms with Gasteiger partial charge in [-0.25, -0.2) is 4.39 Å². The van der Waals surface area contributed by atoms with Crippen LogP contribution in [0.15, 0.2) is 35.1 Å². The number of ether oxygens (including phenoxy) is 1. The van der Waals surface area contributed by atoms with Crippen LogP contribution in [-0.4, -0.2) is 89.2 Å². The van der Waals surface area contributed by atoms with Crippen LogP contribution in [0.4, 0.5) is 17.6 Å². The number of likely N-dealkylation sites (tertiary alicyclic amines) is 1. The lowest BCUT2D eigenvalue weighted by atomic mass is 9.89. The maximum Gasteiger partial charge on any atom is 0.401 e. The van der Waals surface area contributed by atoms with E-state index in [0.29, 0.717) is 67.8 Å². The molecule has 1 atom stereocenters. The number of piperidine rings is 1. The van der Waals surface area contributed by atoms with Crippen molar-refractivity contribution in [3.8, 4) is 5.75 Å². The Hall–Kier alpha value is -2.55. The van der Waals surface area contributed by atoms with Gasteiger partial charge in [0, 0.05) is 44.8 Å². The molecule has 3 heterocycles. The number of alkyl halides is 3. The summed E-state index contributed by atoms with van der Waals surface area (Å²) in [6, 6.07) is 7.97. The lowest BCUT2D eigenvalue weighted by Gasteiger charge is -2.47. The number of thiazole rings is 1. The van der Waals surface area contributed by atoms with E-state index in [9.17, 15) is 32.6 Å². The van der Waals surface area contributed by atoms with E-state index in [1.807, 2.05) is 6.07 Å². The number of hydrogen-bond donors (Lipinski definition) is 4. The number of fused-ring (bicyclic) bond motifs is 1. The minimum Gasteiger partial charge on any atom is -0.506 e. The molecule has 4 N–H and O–H groups in total. The number of H-pyrrole nitrogens is 1. The summed E-state index contributed by atoms with van der Waals surface area (Å²) in [6.07, 6.45) is -3.34. The number of aromatic amines is 1. The Labute approximate surface area is 238 Å². The van der Waals surface area contributed by atoms with Crippen molar-refractivity contribution in [3.05, 3.63) is 62.5 Å². The van der Waals surface area contributed by atoms with Crippen molar-refractivity contribution in [1.29, 1.82) is 0 Å². The molecule has 3 aromatic rings. The number of benzene rings is 2. The molecule has 1 spiro atoms. The van der Waals surface area contributed by atoms with Gasteiger partial charge in [0.2, 0.25) is 0 Å². The van der Waals surface area contributed by atoms with Crippen LogP contribution in [0.2, 0.25) is 0 Å². The molecule has 0 bridgehead atoms. The van der Waals surface area contributed by atoms with Gasteiger partial charge in [-0.05, 0) is 55.1 Å². The van der Waals surface area contributed by atoms with Crippen molar-refractivity contribution in [3.63, 3.8) is 0 Å². The quantitative estimate of drug-likeness (QED) is 0.221. The van der Waals surface area contributed by atoms with Gasteiger partial charge in [-0.2, -0.15) is 13.2 Å². The number of aromatic nitrogens is 1. The normalized spacial score (nSPS) is 19.2. The number of halogens is 4. The summed E-state index contributed by atoms with van der Waals surface area (Å²) in [5.41, 5.74) is 1.92. The lowest BCUT2D eigenvalue weighted by Crippen LogP contribution is -2.57. The summed E-state index contributed by atoms with van der Waals surface area (Å²) in [4.78, 5) is 17.6. The molecule has 1 aromatic heterocycles. The Balaban J connectivity index is 1.10. The van der Waals surface area contributed by atoms with E-state index in [1.54, 1.807) is 6.07 Å². The van der Waals surface area contributed by atoms with Crippen molar-refractivity contribution in [1.82, 2.24) is 20.1 Å². The molecule has 2 aromatic carbocycles. The third kappa shape index (κ3) is 7.65. The van der Waals surface area contributed by atoms with Crippen molar-refractivity contribution in [2.45, 2.75) is 43.7 Å². The molecule has 2 aliphatic rings. The van der Waals surface area contributed by atoms with E-state index >= 15 is 0 Å². The molecule has 0 radical (unpaired) electrons. The topological polar surface area (TPSA) is 101 Å². The van der Waals surface area contributed by atoms with Gasteiger partial charge in [0.05, 0.1) is 29.6 Å². The fourth-order valence-electron chi connectivity index (χ4n) is 5.83. The molecule has 224 valence electrons. The van der Waals surface area contributed by atoms with Crippen molar-refractivity contribution in [2.75, 3.05) is 52.4 Å². The second kappa shape index (κ2) is 12.4. The molecule has 13 heteroatoms. The van der Waals surface area contributed by atoms with Crippen LogP contribution in [-0.2, 0) is 17.7 Å². The number of nitrogens with zero attached hydrogens (tertiary/aromatic N) is 2. The van der Waals surface area contributed by atoms with Crippen LogP contribution in [0.5, 0.6) is 5.75 Å². The van der Waals surface area contributed by atoms with E-state index in [1.165, 1.54) is 23.1 Å². The van der Waals surface area contributed by atoms with Crippen molar-refractivity contribution >= 4 is 21.6 Å². The van der Waals surface area contributed by atoms with Gasteiger partial charge in [-0.3, -0.25) is 14.6 Å². The monoisotopic (exact) mass is 598 g/mol. The fourth-order valence-corrected chi connectivity index (χ4v) is 6.75. The average Bonchev–Trinajstić information content (AvgIpc) is 3.29. The number of aliphatic hydroxyl groups is 1. The molecule has 2 aliphatic heterocycles. The molecule has 0 amide bonds. The number of morpholine rings is 1. The van der Waals surface area contributed by atoms with E-state index in [2.05, 4.69) is 15.2 Å². The molecule has 2 saturated heterocycles. The summed E-state index contributed by atoms with van der Waals surface area (Å²) in [6.45, 7) is 2.48. The van der Waals surface area contributed by atoms with E-state index < -0.39 is 24.4 Å². The zero-order chi connectivity index (χ0) is 29.2. The first-order valence-electron chi connectivity index (χ1n) is 13.7. The second-order valence-corrected chi connectivity index (χ2v) is 11.9. The smallest absolute Gasteiger partial charge is 0.401 e. The highest BCUT2D eigenvalue weighted by Crippen LogP contribution is 2.33. The third-order valence-electron chi connectivity index (χ3n) is 7.80. The van der Waals surface area contributed by atoms with Crippen LogP contribution in [0, 0.1) is 5.82 Å². The Morgan fingerprint density at radius 1 is 1.12 bits per heavy atom. The number of phenols is 1. The molecular weight excluding hydrogens is 564 g/mol. The second-order valence-electron chi connectivity index (χ2n) is 11.0. The SMILES string of the molecule is O=c1[nH]c2c(O)ccc([C@@H](O)CNCCc3cc(F)cc(CN4CCC5(CC4)CN(CC(F)(F)F)CCO5)c3)c2s1. The first-order chi connectivity index (χ1) is 19.5. The highest BCUT2D eigenvalue weighted by molar-refractivity contribution is 7.16.